The molecule has 0 spiro atoms. The summed E-state index contributed by atoms with van der Waals surface area (Å²) < 4.78 is 68.1. The highest BCUT2D eigenvalue weighted by molar-refractivity contribution is 7.53. The van der Waals surface area contributed by atoms with Crippen LogP contribution in [0.2, 0.25) is 36.3 Å². The number of nitrogens with one attached hydrogen (secondary N) is 1. The maximum Gasteiger partial charge on any atom is 0.328 e. The molecule has 2 saturated heterocycles. The Labute approximate surface area is 344 Å². The van der Waals surface area contributed by atoms with Gasteiger partial charge >= 0.3 is 13.6 Å². The molecule has 2 aliphatic rings. The third kappa shape index (κ3) is 13.1. The molecule has 9 atom stereocenters. The van der Waals surface area contributed by atoms with Gasteiger partial charge in [0, 0.05) is 33.0 Å². The summed E-state index contributed by atoms with van der Waals surface area (Å²) in [7, 11) is -7.29. The predicted octanol–water partition coefficient (Wildman–Crippen LogP) is 7.44. The van der Waals surface area contributed by atoms with E-state index < -0.39 is 79.0 Å². The molecule has 0 bridgehead atoms. The predicted molar refractivity (Wildman–Crippen MR) is 226 cm³/mol. The number of amides is 1. The molecule has 0 aliphatic carbocycles. The van der Waals surface area contributed by atoms with E-state index in [1.165, 1.54) is 13.7 Å². The van der Waals surface area contributed by atoms with Crippen LogP contribution >= 0.6 is 7.60 Å². The second-order valence-electron chi connectivity index (χ2n) is 18.4. The Morgan fingerprint density at radius 3 is 1.74 bits per heavy atom. The fourth-order valence-corrected chi connectivity index (χ4v) is 10.2. The lowest BCUT2D eigenvalue weighted by Gasteiger charge is -2.41. The molecular formula is C42H68NO11PSi2. The number of hydrogen-bond acceptors (Lipinski definition) is 11. The lowest BCUT2D eigenvalue weighted by atomic mass is 10.0. The summed E-state index contributed by atoms with van der Waals surface area (Å²) in [5, 5.41) is 7.56. The molecule has 2 aromatic rings. The fraction of sp³-hybridized carbons (Fsp3) is 0.667. The zero-order valence-corrected chi connectivity index (χ0v) is 39.0. The van der Waals surface area contributed by atoms with E-state index in [-0.39, 0.29) is 42.0 Å². The summed E-state index contributed by atoms with van der Waals surface area (Å²) >= 11 is 0. The molecule has 3 unspecified atom stereocenters. The summed E-state index contributed by atoms with van der Waals surface area (Å²) in [6.45, 7) is 22.4. The highest BCUT2D eigenvalue weighted by atomic mass is 31.2. The van der Waals surface area contributed by atoms with E-state index in [1.54, 1.807) is 0 Å². The fourth-order valence-electron chi connectivity index (χ4n) is 6.39. The monoisotopic (exact) mass is 850 g/mol. The number of rotatable bonds is 19. The normalized spacial score (nSPS) is 27.1. The molecule has 4 rings (SSSR count). The number of carbonyl (C=O) groups excluding carboxylic acids is 2. The molecule has 0 saturated carbocycles. The van der Waals surface area contributed by atoms with Crippen LogP contribution in [0.1, 0.15) is 65.5 Å². The highest BCUT2D eigenvalue weighted by Crippen LogP contribution is 2.51. The maximum absolute atomic E-state index is 14.5. The van der Waals surface area contributed by atoms with Crippen molar-refractivity contribution in [2.24, 2.45) is 0 Å². The summed E-state index contributed by atoms with van der Waals surface area (Å²) in [5.41, 5.74) is 2.05. The van der Waals surface area contributed by atoms with Crippen LogP contribution in [0.3, 0.4) is 0 Å². The molecule has 1 amide bonds. The van der Waals surface area contributed by atoms with Crippen LogP contribution in [0.5, 0.6) is 0 Å². The summed E-state index contributed by atoms with van der Waals surface area (Å²) in [6.07, 6.45) is -4.86. The zero-order valence-electron chi connectivity index (χ0n) is 37.1. The van der Waals surface area contributed by atoms with Gasteiger partial charge < -0.3 is 38.0 Å². The standard InChI is InChI=1S/C42H68NO11PSi2/c1-41(2,3)56(9,10)53-38-31(25-29-19-15-13-16-20-29)50-33(37(38)46)28-49-55(8,47)52-39-34(27-48-36(45)24-23-35(44)43-7)51-32(26-30-21-17-14-18-22-30)40(39)54-57(11,12)42(4,5)6/h13-22,31-34,37-40,46H,23-28H2,1-12H3,(H,43,44)/t31-,32-,33+,34+,37?,38+,39?,40+,55?/m0/s1/i46D. The average molecular weight is 851 g/mol. The molecule has 2 heterocycles. The van der Waals surface area contributed by atoms with Gasteiger partial charge in [-0.25, -0.2) is 0 Å². The largest absolute Gasteiger partial charge is 0.463 e. The van der Waals surface area contributed by atoms with Crippen molar-refractivity contribution in [2.45, 2.75) is 152 Å². The Bertz CT molecular complexity index is 1670. The van der Waals surface area contributed by atoms with Crippen molar-refractivity contribution in [2.75, 3.05) is 26.9 Å². The lowest BCUT2D eigenvalue weighted by molar-refractivity contribution is -0.150. The number of aliphatic hydroxyl groups is 1. The SMILES string of the molecule is [2H]OC1[C@@H](COP(C)(=O)OC2[C@@H](COC(=O)CCC(=O)NC)O[C@@H](Cc3ccccc3)[C@H]2O[Si](C)(C)C(C)(C)C)O[C@@H](Cc2ccccc2)[C@H]1O[Si](C)(C)C(C)(C)C. The van der Waals surface area contributed by atoms with Crippen LogP contribution in [-0.2, 0) is 59.1 Å². The van der Waals surface area contributed by atoms with Crippen molar-refractivity contribution in [1.29, 1.82) is 1.43 Å². The minimum Gasteiger partial charge on any atom is -0.463 e. The third-order valence-corrected chi connectivity index (χ3v) is 22.1. The Balaban J connectivity index is 1.61. The summed E-state index contributed by atoms with van der Waals surface area (Å²) in [6, 6.07) is 19.8. The number of esters is 1. The maximum atomic E-state index is 14.5. The molecule has 2 aromatic carbocycles. The highest BCUT2D eigenvalue weighted by Gasteiger charge is 2.54. The van der Waals surface area contributed by atoms with Crippen LogP contribution in [0.15, 0.2) is 60.7 Å². The van der Waals surface area contributed by atoms with Gasteiger partial charge in [-0.3, -0.25) is 18.7 Å². The molecule has 0 radical (unpaired) electrons. The Hall–Kier alpha value is -2.24. The average Bonchev–Trinajstić information content (AvgIpc) is 3.62. The number of hydrogen-bond donors (Lipinski definition) is 2. The van der Waals surface area contributed by atoms with Crippen LogP contribution in [0, 0.1) is 0 Å². The first-order chi connectivity index (χ1) is 27.0. The lowest BCUT2D eigenvalue weighted by Crippen LogP contribution is -2.50. The summed E-state index contributed by atoms with van der Waals surface area (Å²) in [5.74, 6) is -0.853. The van der Waals surface area contributed by atoms with E-state index >= 15 is 0 Å². The van der Waals surface area contributed by atoms with Crippen LogP contribution in [0.25, 0.3) is 0 Å². The van der Waals surface area contributed by atoms with Crippen molar-refractivity contribution in [3.05, 3.63) is 71.8 Å². The molecule has 0 aromatic heterocycles. The number of carbonyl (C=O) groups is 2. The minimum atomic E-state index is -3.94. The quantitative estimate of drug-likeness (QED) is 0.0826. The molecule has 15 heteroatoms. The van der Waals surface area contributed by atoms with Gasteiger partial charge in [0.2, 0.25) is 7.34 Å². The topological polar surface area (TPSA) is 148 Å². The van der Waals surface area contributed by atoms with Crippen molar-refractivity contribution >= 4 is 36.1 Å². The molecule has 2 aliphatic heterocycles. The van der Waals surface area contributed by atoms with Crippen LogP contribution in [0.4, 0.5) is 0 Å². The van der Waals surface area contributed by atoms with Crippen molar-refractivity contribution < 1.29 is 51.4 Å². The van der Waals surface area contributed by atoms with Gasteiger partial charge in [-0.05, 0) is 47.4 Å². The second kappa shape index (κ2) is 19.4. The van der Waals surface area contributed by atoms with Crippen LogP contribution in [-0.4, -0.2) is 111 Å². The molecule has 57 heavy (non-hydrogen) atoms. The van der Waals surface area contributed by atoms with E-state index in [1.807, 2.05) is 60.7 Å². The van der Waals surface area contributed by atoms with Gasteiger partial charge in [0.1, 0.15) is 43.2 Å². The van der Waals surface area contributed by atoms with Gasteiger partial charge in [0.25, 0.3) is 0 Å². The zero-order chi connectivity index (χ0) is 43.1. The number of aliphatic hydroxyl groups excluding tert-OH is 1. The van der Waals surface area contributed by atoms with Crippen molar-refractivity contribution in [3.63, 3.8) is 0 Å². The first-order valence-electron chi connectivity index (χ1n) is 20.5. The van der Waals surface area contributed by atoms with Gasteiger partial charge in [0.05, 0.1) is 25.2 Å². The van der Waals surface area contributed by atoms with Crippen LogP contribution < -0.4 is 5.32 Å². The minimum absolute atomic E-state index is 0.0210. The molecule has 12 nitrogen and oxygen atoms in total. The number of ether oxygens (including phenoxy) is 3. The molecule has 320 valence electrons. The third-order valence-electron chi connectivity index (χ3n) is 11.9. The van der Waals surface area contributed by atoms with Crippen molar-refractivity contribution in [1.82, 2.24) is 5.32 Å². The second-order valence-corrected chi connectivity index (χ2v) is 30.0. The van der Waals surface area contributed by atoms with E-state index in [2.05, 4.69) is 73.0 Å². The smallest absolute Gasteiger partial charge is 0.328 e. The van der Waals surface area contributed by atoms with E-state index in [9.17, 15) is 14.2 Å². The number of benzene rings is 2. The Morgan fingerprint density at radius 2 is 1.25 bits per heavy atom. The Morgan fingerprint density at radius 1 is 0.754 bits per heavy atom. The van der Waals surface area contributed by atoms with Crippen molar-refractivity contribution in [3.8, 4) is 0 Å². The summed E-state index contributed by atoms with van der Waals surface area (Å²) in [4.78, 5) is 24.6. The van der Waals surface area contributed by atoms with Gasteiger partial charge in [-0.1, -0.05) is 102 Å². The van der Waals surface area contributed by atoms with Gasteiger partial charge in [-0.15, -0.1) is 0 Å². The van der Waals surface area contributed by atoms with Gasteiger partial charge in [0.15, 0.2) is 16.6 Å². The van der Waals surface area contributed by atoms with E-state index in [0.717, 1.165) is 11.1 Å². The molecule has 2 fully saturated rings. The first-order valence-corrected chi connectivity index (χ1v) is 27.9. The Kier molecular flexibility index (Phi) is 15.6. The molecular weight excluding hydrogens is 782 g/mol. The molecule has 2 N–H and O–H groups in total. The van der Waals surface area contributed by atoms with E-state index in [0.29, 0.717) is 12.8 Å². The first kappa shape index (κ1) is 45.8. The van der Waals surface area contributed by atoms with Gasteiger partial charge in [-0.2, -0.15) is 0 Å². The van der Waals surface area contributed by atoms with E-state index in [4.69, 9.17) is 38.7 Å².